The lowest BCUT2D eigenvalue weighted by molar-refractivity contribution is 0.225. The van der Waals surface area contributed by atoms with Crippen LogP contribution in [0.4, 0.5) is 0 Å². The van der Waals surface area contributed by atoms with E-state index in [0.717, 1.165) is 25.7 Å². The van der Waals surface area contributed by atoms with E-state index >= 15 is 0 Å². The average molecular weight is 359 g/mol. The molecular formula is C18H15BrOS. The van der Waals surface area contributed by atoms with Gasteiger partial charge in [-0.2, -0.15) is 0 Å². The van der Waals surface area contributed by atoms with Crippen LogP contribution in [0.25, 0.3) is 10.8 Å². The highest BCUT2D eigenvalue weighted by Gasteiger charge is 2.21. The molecule has 3 aromatic rings. The second-order valence-corrected chi connectivity index (χ2v) is 7.56. The number of thiophene rings is 1. The Labute approximate surface area is 136 Å². The minimum absolute atomic E-state index is 0.529. The number of hydrogen-bond acceptors (Lipinski definition) is 2. The first-order valence-corrected chi connectivity index (χ1v) is 8.81. The SMILES string of the molecule is OC(c1cc2c(s1)CCC2)c1ccc(Br)c2ccccc12. The highest BCUT2D eigenvalue weighted by atomic mass is 79.9. The van der Waals surface area contributed by atoms with E-state index in [1.165, 1.54) is 29.7 Å². The summed E-state index contributed by atoms with van der Waals surface area (Å²) in [6, 6.07) is 14.5. The fraction of sp³-hybridized carbons (Fsp3) is 0.222. The molecule has 1 atom stereocenters. The summed E-state index contributed by atoms with van der Waals surface area (Å²) < 4.78 is 1.07. The van der Waals surface area contributed by atoms with E-state index in [4.69, 9.17) is 0 Å². The minimum atomic E-state index is -0.529. The Morgan fingerprint density at radius 2 is 1.86 bits per heavy atom. The van der Waals surface area contributed by atoms with E-state index in [1.807, 2.05) is 24.3 Å². The van der Waals surface area contributed by atoms with Crippen LogP contribution in [0.3, 0.4) is 0 Å². The molecule has 1 aromatic heterocycles. The zero-order chi connectivity index (χ0) is 14.4. The largest absolute Gasteiger partial charge is 0.383 e. The van der Waals surface area contributed by atoms with Crippen molar-refractivity contribution in [3.05, 3.63) is 67.8 Å². The van der Waals surface area contributed by atoms with Gasteiger partial charge in [-0.15, -0.1) is 11.3 Å². The minimum Gasteiger partial charge on any atom is -0.383 e. The molecule has 1 N–H and O–H groups in total. The smallest absolute Gasteiger partial charge is 0.114 e. The number of benzene rings is 2. The number of aliphatic hydroxyl groups excluding tert-OH is 1. The summed E-state index contributed by atoms with van der Waals surface area (Å²) in [6.07, 6.45) is 3.07. The number of halogens is 1. The van der Waals surface area contributed by atoms with Gasteiger partial charge in [-0.25, -0.2) is 0 Å². The summed E-state index contributed by atoms with van der Waals surface area (Å²) in [5, 5.41) is 13.1. The molecule has 0 saturated heterocycles. The van der Waals surface area contributed by atoms with Crippen molar-refractivity contribution in [2.75, 3.05) is 0 Å². The normalized spacial score (nSPS) is 15.3. The molecule has 1 heterocycles. The molecule has 2 aromatic carbocycles. The van der Waals surface area contributed by atoms with E-state index in [2.05, 4.69) is 34.1 Å². The van der Waals surface area contributed by atoms with Gasteiger partial charge in [-0.3, -0.25) is 0 Å². The molecule has 0 bridgehead atoms. The standard InChI is InChI=1S/C18H15BrOS/c19-15-9-8-14(12-5-1-2-6-13(12)15)18(20)17-10-11-4-3-7-16(11)21-17/h1-2,5-6,8-10,18,20H,3-4,7H2. The van der Waals surface area contributed by atoms with Gasteiger partial charge in [-0.05, 0) is 53.3 Å². The van der Waals surface area contributed by atoms with E-state index < -0.39 is 6.10 Å². The summed E-state index contributed by atoms with van der Waals surface area (Å²) in [5.41, 5.74) is 2.43. The lowest BCUT2D eigenvalue weighted by atomic mass is 9.99. The van der Waals surface area contributed by atoms with Crippen LogP contribution in [0, 0.1) is 0 Å². The van der Waals surface area contributed by atoms with Crippen molar-refractivity contribution < 1.29 is 5.11 Å². The van der Waals surface area contributed by atoms with Gasteiger partial charge in [0, 0.05) is 14.2 Å². The van der Waals surface area contributed by atoms with Gasteiger partial charge in [0.2, 0.25) is 0 Å². The van der Waals surface area contributed by atoms with Crippen LogP contribution >= 0.6 is 27.3 Å². The second kappa shape index (κ2) is 5.24. The zero-order valence-electron chi connectivity index (χ0n) is 11.5. The number of hydrogen-bond donors (Lipinski definition) is 1. The summed E-state index contributed by atoms with van der Waals surface area (Å²) in [6.45, 7) is 0. The predicted molar refractivity (Wildman–Crippen MR) is 92.1 cm³/mol. The molecule has 4 rings (SSSR count). The summed E-state index contributed by atoms with van der Waals surface area (Å²) in [7, 11) is 0. The summed E-state index contributed by atoms with van der Waals surface area (Å²) in [4.78, 5) is 2.54. The molecule has 1 unspecified atom stereocenters. The van der Waals surface area contributed by atoms with Crippen molar-refractivity contribution in [3.8, 4) is 0 Å². The Hall–Kier alpha value is -1.16. The first kappa shape index (κ1) is 13.5. The predicted octanol–water partition coefficient (Wildman–Crippen LogP) is 5.23. The molecule has 1 nitrogen and oxygen atoms in total. The maximum atomic E-state index is 10.8. The third-order valence-corrected chi connectivity index (χ3v) is 6.22. The van der Waals surface area contributed by atoms with E-state index in [0.29, 0.717) is 0 Å². The van der Waals surface area contributed by atoms with Crippen molar-refractivity contribution in [3.63, 3.8) is 0 Å². The van der Waals surface area contributed by atoms with Gasteiger partial charge in [-0.1, -0.05) is 46.3 Å². The molecule has 0 spiro atoms. The van der Waals surface area contributed by atoms with Gasteiger partial charge < -0.3 is 5.11 Å². The fourth-order valence-electron chi connectivity index (χ4n) is 3.16. The Morgan fingerprint density at radius 1 is 1.05 bits per heavy atom. The van der Waals surface area contributed by atoms with Gasteiger partial charge in [0.1, 0.15) is 6.10 Å². The molecule has 0 radical (unpaired) electrons. The van der Waals surface area contributed by atoms with Crippen LogP contribution in [-0.4, -0.2) is 5.11 Å². The summed E-state index contributed by atoms with van der Waals surface area (Å²) >= 11 is 5.37. The average Bonchev–Trinajstić information content (AvgIpc) is 3.08. The lowest BCUT2D eigenvalue weighted by Crippen LogP contribution is -1.98. The molecule has 0 aliphatic heterocycles. The maximum absolute atomic E-state index is 10.8. The number of aliphatic hydroxyl groups is 1. The van der Waals surface area contributed by atoms with Crippen LogP contribution in [0.1, 0.15) is 33.4 Å². The summed E-state index contributed by atoms with van der Waals surface area (Å²) in [5.74, 6) is 0. The highest BCUT2D eigenvalue weighted by molar-refractivity contribution is 9.10. The molecule has 0 amide bonds. The topological polar surface area (TPSA) is 20.2 Å². The first-order valence-electron chi connectivity index (χ1n) is 7.21. The van der Waals surface area contributed by atoms with Crippen molar-refractivity contribution in [1.29, 1.82) is 0 Å². The van der Waals surface area contributed by atoms with Crippen molar-refractivity contribution in [1.82, 2.24) is 0 Å². The van der Waals surface area contributed by atoms with Crippen LogP contribution < -0.4 is 0 Å². The van der Waals surface area contributed by atoms with E-state index in [1.54, 1.807) is 11.3 Å². The Bertz CT molecular complexity index is 800. The molecule has 1 aliphatic rings. The van der Waals surface area contributed by atoms with Crippen LogP contribution in [0.2, 0.25) is 0 Å². The van der Waals surface area contributed by atoms with E-state index in [9.17, 15) is 5.11 Å². The van der Waals surface area contributed by atoms with Crippen molar-refractivity contribution in [2.24, 2.45) is 0 Å². The number of fused-ring (bicyclic) bond motifs is 2. The molecule has 1 aliphatic carbocycles. The van der Waals surface area contributed by atoms with Crippen molar-refractivity contribution >= 4 is 38.0 Å². The maximum Gasteiger partial charge on any atom is 0.114 e. The van der Waals surface area contributed by atoms with E-state index in [-0.39, 0.29) is 0 Å². The molecular weight excluding hydrogens is 344 g/mol. The second-order valence-electron chi connectivity index (χ2n) is 5.54. The lowest BCUT2D eigenvalue weighted by Gasteiger charge is -2.13. The van der Waals surface area contributed by atoms with Gasteiger partial charge in [0.15, 0.2) is 0 Å². The Morgan fingerprint density at radius 3 is 2.67 bits per heavy atom. The monoisotopic (exact) mass is 358 g/mol. The number of aryl methyl sites for hydroxylation is 2. The van der Waals surface area contributed by atoms with Gasteiger partial charge in [0.05, 0.1) is 0 Å². The Kier molecular flexibility index (Phi) is 3.37. The quantitative estimate of drug-likeness (QED) is 0.664. The van der Waals surface area contributed by atoms with Crippen LogP contribution in [0.15, 0.2) is 46.9 Å². The Balaban J connectivity index is 1.83. The fourth-order valence-corrected chi connectivity index (χ4v) is 4.90. The molecule has 0 fully saturated rings. The first-order chi connectivity index (χ1) is 10.2. The molecule has 106 valence electrons. The third-order valence-electron chi connectivity index (χ3n) is 4.23. The zero-order valence-corrected chi connectivity index (χ0v) is 13.9. The molecule has 3 heteroatoms. The van der Waals surface area contributed by atoms with Crippen LogP contribution in [-0.2, 0) is 12.8 Å². The number of rotatable bonds is 2. The van der Waals surface area contributed by atoms with Gasteiger partial charge >= 0.3 is 0 Å². The van der Waals surface area contributed by atoms with Crippen LogP contribution in [0.5, 0.6) is 0 Å². The third kappa shape index (κ3) is 2.24. The van der Waals surface area contributed by atoms with Crippen molar-refractivity contribution in [2.45, 2.75) is 25.4 Å². The molecule has 21 heavy (non-hydrogen) atoms. The van der Waals surface area contributed by atoms with Gasteiger partial charge in [0.25, 0.3) is 0 Å². The highest BCUT2D eigenvalue weighted by Crippen LogP contribution is 2.38. The molecule has 0 saturated carbocycles.